The first kappa shape index (κ1) is 19.9. The molecule has 0 aromatic heterocycles. The van der Waals surface area contributed by atoms with Gasteiger partial charge in [0.15, 0.2) is 0 Å². The number of hydrogen-bond acceptors (Lipinski definition) is 5. The molecule has 1 heterocycles. The number of para-hydroxylation sites is 1. The number of rotatable bonds is 6. The van der Waals surface area contributed by atoms with Gasteiger partial charge in [-0.05, 0) is 23.8 Å². The van der Waals surface area contributed by atoms with Crippen LogP contribution in [0.5, 0.6) is 5.75 Å². The number of carbonyl (C=O) groups excluding carboxylic acids is 1. The Morgan fingerprint density at radius 2 is 1.89 bits per heavy atom. The van der Waals surface area contributed by atoms with Gasteiger partial charge in [0.05, 0.1) is 30.8 Å². The molecular formula is C20H23N3O4S. The molecule has 7 nitrogen and oxygen atoms in total. The topological polar surface area (TPSA) is 88.1 Å². The molecule has 1 amide bonds. The van der Waals surface area contributed by atoms with Gasteiger partial charge in [0.1, 0.15) is 5.75 Å². The van der Waals surface area contributed by atoms with Crippen molar-refractivity contribution >= 4 is 27.3 Å². The Hall–Kier alpha value is -2.87. The van der Waals surface area contributed by atoms with Crippen LogP contribution in [0.2, 0.25) is 0 Å². The van der Waals surface area contributed by atoms with Crippen molar-refractivity contribution in [1.29, 1.82) is 0 Å². The molecule has 1 aliphatic rings. The molecule has 148 valence electrons. The number of nitrogens with one attached hydrogen (secondary N) is 1. The predicted molar refractivity (Wildman–Crippen MR) is 109 cm³/mol. The van der Waals surface area contributed by atoms with Gasteiger partial charge in [0, 0.05) is 18.4 Å². The van der Waals surface area contributed by atoms with E-state index in [1.54, 1.807) is 32.2 Å². The van der Waals surface area contributed by atoms with Crippen LogP contribution in [0.3, 0.4) is 0 Å². The highest BCUT2D eigenvalue weighted by molar-refractivity contribution is 7.92. The number of methoxy groups -OCH3 is 1. The zero-order valence-electron chi connectivity index (χ0n) is 16.0. The first-order chi connectivity index (χ1) is 13.3. The van der Waals surface area contributed by atoms with Gasteiger partial charge in [-0.1, -0.05) is 37.3 Å². The van der Waals surface area contributed by atoms with Gasteiger partial charge in [0.25, 0.3) is 0 Å². The van der Waals surface area contributed by atoms with Crippen molar-refractivity contribution in [2.45, 2.75) is 25.8 Å². The lowest BCUT2D eigenvalue weighted by atomic mass is 9.97. The van der Waals surface area contributed by atoms with Crippen molar-refractivity contribution in [2.24, 2.45) is 5.10 Å². The summed E-state index contributed by atoms with van der Waals surface area (Å²) >= 11 is 0. The number of amides is 1. The van der Waals surface area contributed by atoms with Gasteiger partial charge < -0.3 is 4.74 Å². The monoisotopic (exact) mass is 401 g/mol. The fourth-order valence-electron chi connectivity index (χ4n) is 3.17. The second kappa shape index (κ2) is 8.02. The van der Waals surface area contributed by atoms with Crippen molar-refractivity contribution in [3.05, 3.63) is 59.7 Å². The van der Waals surface area contributed by atoms with Gasteiger partial charge in [0.2, 0.25) is 15.9 Å². The van der Waals surface area contributed by atoms with Crippen LogP contribution >= 0.6 is 0 Å². The van der Waals surface area contributed by atoms with Crippen LogP contribution in [0.15, 0.2) is 53.6 Å². The first-order valence-corrected chi connectivity index (χ1v) is 10.8. The average Bonchev–Trinajstić information content (AvgIpc) is 3.12. The molecule has 28 heavy (non-hydrogen) atoms. The minimum Gasteiger partial charge on any atom is -0.497 e. The van der Waals surface area contributed by atoms with E-state index in [0.29, 0.717) is 29.8 Å². The molecule has 2 aromatic carbocycles. The molecule has 0 saturated heterocycles. The number of carbonyl (C=O) groups is 1. The van der Waals surface area contributed by atoms with Gasteiger partial charge >= 0.3 is 0 Å². The largest absolute Gasteiger partial charge is 0.497 e. The minimum absolute atomic E-state index is 0.0932. The Balaban J connectivity index is 1.98. The SMILES string of the molecule is CCC(=O)N1N=C(c2ccccc2NS(C)(=O)=O)C[C@H]1c1ccc(OC)cc1. The highest BCUT2D eigenvalue weighted by Crippen LogP contribution is 2.35. The maximum absolute atomic E-state index is 12.5. The second-order valence-corrected chi connectivity index (χ2v) is 8.30. The van der Waals surface area contributed by atoms with Crippen molar-refractivity contribution in [3.63, 3.8) is 0 Å². The number of sulfonamides is 1. The molecule has 3 rings (SSSR count). The fraction of sp³-hybridized carbons (Fsp3) is 0.300. The highest BCUT2D eigenvalue weighted by atomic mass is 32.2. The Morgan fingerprint density at radius 3 is 2.50 bits per heavy atom. The summed E-state index contributed by atoms with van der Waals surface area (Å²) in [6, 6.07) is 14.3. The number of anilines is 1. The first-order valence-electron chi connectivity index (χ1n) is 8.93. The van der Waals surface area contributed by atoms with Crippen molar-refractivity contribution in [3.8, 4) is 5.75 Å². The number of ether oxygens (including phenoxy) is 1. The van der Waals surface area contributed by atoms with E-state index in [4.69, 9.17) is 4.74 Å². The lowest BCUT2D eigenvalue weighted by Crippen LogP contribution is -2.26. The Bertz CT molecular complexity index is 1000. The van der Waals surface area contributed by atoms with E-state index in [-0.39, 0.29) is 11.9 Å². The Labute approximate surface area is 165 Å². The molecule has 0 unspecified atom stereocenters. The van der Waals surface area contributed by atoms with E-state index in [9.17, 15) is 13.2 Å². The minimum atomic E-state index is -3.44. The number of benzene rings is 2. The molecule has 2 aromatic rings. The van der Waals surface area contributed by atoms with Crippen LogP contribution in [0, 0.1) is 0 Å². The van der Waals surface area contributed by atoms with E-state index in [1.165, 1.54) is 5.01 Å². The van der Waals surface area contributed by atoms with Crippen molar-refractivity contribution in [1.82, 2.24) is 5.01 Å². The zero-order valence-corrected chi connectivity index (χ0v) is 16.9. The molecule has 0 bridgehead atoms. The molecule has 0 saturated carbocycles. The van der Waals surface area contributed by atoms with Gasteiger partial charge in [-0.25, -0.2) is 13.4 Å². The number of nitrogens with zero attached hydrogens (tertiary/aromatic N) is 2. The van der Waals surface area contributed by atoms with E-state index in [0.717, 1.165) is 17.6 Å². The van der Waals surface area contributed by atoms with Crippen molar-refractivity contribution in [2.75, 3.05) is 18.1 Å². The van der Waals surface area contributed by atoms with E-state index >= 15 is 0 Å². The quantitative estimate of drug-likeness (QED) is 0.805. The molecule has 1 aliphatic heterocycles. The lowest BCUT2D eigenvalue weighted by Gasteiger charge is -2.21. The Kier molecular flexibility index (Phi) is 5.69. The third kappa shape index (κ3) is 4.33. The van der Waals surface area contributed by atoms with Crippen LogP contribution in [0.4, 0.5) is 5.69 Å². The summed E-state index contributed by atoms with van der Waals surface area (Å²) in [7, 11) is -1.83. The summed E-state index contributed by atoms with van der Waals surface area (Å²) in [5, 5.41) is 6.05. The average molecular weight is 401 g/mol. The zero-order chi connectivity index (χ0) is 20.3. The van der Waals surface area contributed by atoms with Gasteiger partial charge in [-0.2, -0.15) is 5.10 Å². The third-order valence-electron chi connectivity index (χ3n) is 4.50. The number of hydrazone groups is 1. The van der Waals surface area contributed by atoms with E-state index in [1.807, 2.05) is 30.3 Å². The van der Waals surface area contributed by atoms with Crippen LogP contribution in [0.1, 0.15) is 36.9 Å². The maximum atomic E-state index is 12.5. The molecule has 1 atom stereocenters. The van der Waals surface area contributed by atoms with Gasteiger partial charge in [-0.3, -0.25) is 9.52 Å². The summed E-state index contributed by atoms with van der Waals surface area (Å²) in [5.74, 6) is 0.642. The Morgan fingerprint density at radius 1 is 1.21 bits per heavy atom. The molecular weight excluding hydrogens is 378 g/mol. The molecule has 8 heteroatoms. The highest BCUT2D eigenvalue weighted by Gasteiger charge is 2.33. The molecule has 0 radical (unpaired) electrons. The standard InChI is InChI=1S/C20H23N3O4S/c1-4-20(24)23-19(14-9-11-15(27-2)12-10-14)13-18(21-23)16-7-5-6-8-17(16)22-28(3,25)26/h5-12,19,22H,4,13H2,1-3H3/t19-/m0/s1. The summed E-state index contributed by atoms with van der Waals surface area (Å²) in [4.78, 5) is 12.5. The van der Waals surface area contributed by atoms with E-state index in [2.05, 4.69) is 9.82 Å². The van der Waals surface area contributed by atoms with Crippen LogP contribution < -0.4 is 9.46 Å². The maximum Gasteiger partial charge on any atom is 0.242 e. The molecule has 0 fully saturated rings. The normalized spacial score (nSPS) is 16.6. The lowest BCUT2D eigenvalue weighted by molar-refractivity contribution is -0.132. The molecule has 0 aliphatic carbocycles. The third-order valence-corrected chi connectivity index (χ3v) is 5.09. The van der Waals surface area contributed by atoms with Crippen LogP contribution in [-0.4, -0.2) is 38.4 Å². The van der Waals surface area contributed by atoms with Crippen LogP contribution in [0.25, 0.3) is 0 Å². The smallest absolute Gasteiger partial charge is 0.242 e. The molecule has 0 spiro atoms. The molecule has 1 N–H and O–H groups in total. The van der Waals surface area contributed by atoms with Crippen LogP contribution in [-0.2, 0) is 14.8 Å². The summed E-state index contributed by atoms with van der Waals surface area (Å²) < 4.78 is 31.1. The van der Waals surface area contributed by atoms with Gasteiger partial charge in [-0.15, -0.1) is 0 Å². The van der Waals surface area contributed by atoms with E-state index < -0.39 is 10.0 Å². The summed E-state index contributed by atoms with van der Waals surface area (Å²) in [5.41, 5.74) is 2.71. The summed E-state index contributed by atoms with van der Waals surface area (Å²) in [6.07, 6.45) is 1.92. The van der Waals surface area contributed by atoms with Crippen molar-refractivity contribution < 1.29 is 17.9 Å². The summed E-state index contributed by atoms with van der Waals surface area (Å²) in [6.45, 7) is 1.79. The number of hydrogen-bond donors (Lipinski definition) is 1. The predicted octanol–water partition coefficient (Wildman–Crippen LogP) is 3.15. The second-order valence-electron chi connectivity index (χ2n) is 6.55. The fourth-order valence-corrected chi connectivity index (χ4v) is 3.75.